The highest BCUT2D eigenvalue weighted by Gasteiger charge is 2.48. The number of carbonyl (C=O) groups is 4. The van der Waals surface area contributed by atoms with Crippen LogP contribution in [0.3, 0.4) is 0 Å². The van der Waals surface area contributed by atoms with E-state index in [1.165, 1.54) is 23.8 Å². The van der Waals surface area contributed by atoms with Crippen LogP contribution in [-0.4, -0.2) is 97.2 Å². The Balaban J connectivity index is 0.757. The predicted octanol–water partition coefficient (Wildman–Crippen LogP) is 5.46. The number of amides is 4. The molecule has 1 saturated carbocycles. The molecular formula is C44H49FN8O4. The number of H-pyrrole nitrogens is 1. The molecule has 0 bridgehead atoms. The third-order valence-corrected chi connectivity index (χ3v) is 13.7. The summed E-state index contributed by atoms with van der Waals surface area (Å²) in [5.41, 5.74) is 6.31. The topological polar surface area (TPSA) is 135 Å². The van der Waals surface area contributed by atoms with E-state index in [-0.39, 0.29) is 30.8 Å². The van der Waals surface area contributed by atoms with Gasteiger partial charge in [-0.3, -0.25) is 39.2 Å². The van der Waals surface area contributed by atoms with Crippen LogP contribution in [-0.2, 0) is 29.1 Å². The van der Waals surface area contributed by atoms with Gasteiger partial charge >= 0.3 is 0 Å². The number of para-hydroxylation sites is 1. The number of hydrogen-bond acceptors (Lipinski definition) is 9. The molecule has 13 heteroatoms. The second kappa shape index (κ2) is 13.3. The number of carbonyl (C=O) groups excluding carboxylic acids is 4. The summed E-state index contributed by atoms with van der Waals surface area (Å²) in [7, 11) is 0. The Morgan fingerprint density at radius 3 is 2.26 bits per heavy atom. The molecule has 1 unspecified atom stereocenters. The van der Waals surface area contributed by atoms with Crippen LogP contribution >= 0.6 is 0 Å². The Morgan fingerprint density at radius 2 is 1.61 bits per heavy atom. The van der Waals surface area contributed by atoms with Crippen molar-refractivity contribution < 1.29 is 23.6 Å². The lowest BCUT2D eigenvalue weighted by atomic mass is 9.57. The maximum absolute atomic E-state index is 15.2. The lowest BCUT2D eigenvalue weighted by Crippen LogP contribution is -2.54. The van der Waals surface area contributed by atoms with E-state index in [1.54, 1.807) is 13.8 Å². The molecule has 3 fully saturated rings. The first kappa shape index (κ1) is 36.3. The number of benzene rings is 2. The summed E-state index contributed by atoms with van der Waals surface area (Å²) in [5.74, 6) is -0.521. The molecule has 2 aromatic carbocycles. The van der Waals surface area contributed by atoms with Crippen molar-refractivity contribution in [2.24, 2.45) is 11.3 Å². The monoisotopic (exact) mass is 772 g/mol. The molecular weight excluding hydrogens is 724 g/mol. The average Bonchev–Trinajstić information content (AvgIpc) is 3.81. The van der Waals surface area contributed by atoms with Crippen molar-refractivity contribution in [2.75, 3.05) is 31.1 Å². The van der Waals surface area contributed by atoms with Crippen LogP contribution < -0.4 is 10.2 Å². The largest absolute Gasteiger partial charge is 0.357 e. The van der Waals surface area contributed by atoms with Gasteiger partial charge in [-0.25, -0.2) is 14.4 Å². The third-order valence-electron chi connectivity index (χ3n) is 13.7. The number of rotatable bonds is 7. The highest BCUT2D eigenvalue weighted by Crippen LogP contribution is 2.53. The van der Waals surface area contributed by atoms with E-state index in [9.17, 15) is 19.2 Å². The highest BCUT2D eigenvalue weighted by molar-refractivity contribution is 6.23. The van der Waals surface area contributed by atoms with Crippen LogP contribution in [0.2, 0.25) is 0 Å². The van der Waals surface area contributed by atoms with Gasteiger partial charge in [0.15, 0.2) is 0 Å². The zero-order valence-corrected chi connectivity index (χ0v) is 32.8. The van der Waals surface area contributed by atoms with E-state index in [1.807, 2.05) is 30.6 Å². The summed E-state index contributed by atoms with van der Waals surface area (Å²) >= 11 is 0. The second-order valence-corrected chi connectivity index (χ2v) is 18.3. The third kappa shape index (κ3) is 6.24. The molecule has 10 rings (SSSR count). The number of nitrogens with one attached hydrogen (secondary N) is 2. The van der Waals surface area contributed by atoms with Gasteiger partial charge in [0.2, 0.25) is 17.8 Å². The second-order valence-electron chi connectivity index (χ2n) is 18.3. The van der Waals surface area contributed by atoms with Crippen molar-refractivity contribution in [3.05, 3.63) is 87.9 Å². The maximum Gasteiger partial charge on any atom is 0.262 e. The fraction of sp³-hybridized carbons (Fsp3) is 0.500. The normalized spacial score (nSPS) is 25.2. The minimum absolute atomic E-state index is 0.106. The summed E-state index contributed by atoms with van der Waals surface area (Å²) in [5, 5.41) is 3.49. The van der Waals surface area contributed by atoms with E-state index in [2.05, 4.69) is 50.1 Å². The molecule has 2 saturated heterocycles. The van der Waals surface area contributed by atoms with E-state index >= 15 is 4.39 Å². The predicted molar refractivity (Wildman–Crippen MR) is 211 cm³/mol. The van der Waals surface area contributed by atoms with E-state index in [0.717, 1.165) is 90.7 Å². The Labute approximate surface area is 331 Å². The number of piperidine rings is 2. The lowest BCUT2D eigenvalue weighted by Gasteiger charge is -2.53. The fourth-order valence-corrected chi connectivity index (χ4v) is 11.0. The molecule has 2 aromatic heterocycles. The summed E-state index contributed by atoms with van der Waals surface area (Å²) in [6.07, 6.45) is 9.60. The quantitative estimate of drug-likeness (QED) is 0.235. The van der Waals surface area contributed by atoms with Crippen molar-refractivity contribution in [1.82, 2.24) is 35.0 Å². The van der Waals surface area contributed by atoms with Crippen LogP contribution in [0.15, 0.2) is 48.8 Å². The average molecular weight is 773 g/mol. The molecule has 12 nitrogen and oxygen atoms in total. The summed E-state index contributed by atoms with van der Waals surface area (Å²) in [6.45, 7) is 10.1. The Bertz CT molecular complexity index is 2270. The smallest absolute Gasteiger partial charge is 0.262 e. The first-order valence-corrected chi connectivity index (χ1v) is 20.5. The van der Waals surface area contributed by atoms with Crippen LogP contribution in [0.1, 0.15) is 114 Å². The molecule has 4 aromatic rings. The number of anilines is 1. The highest BCUT2D eigenvalue weighted by atomic mass is 19.1. The molecule has 6 aliphatic rings. The number of fused-ring (bicyclic) bond motifs is 5. The summed E-state index contributed by atoms with van der Waals surface area (Å²) < 4.78 is 15.2. The number of hydrogen-bond donors (Lipinski definition) is 2. The number of aromatic amines is 1. The number of nitrogens with zero attached hydrogens (tertiary/aromatic N) is 6. The van der Waals surface area contributed by atoms with Gasteiger partial charge < -0.3 is 9.88 Å². The van der Waals surface area contributed by atoms with Gasteiger partial charge in [-0.1, -0.05) is 18.2 Å². The minimum Gasteiger partial charge on any atom is -0.357 e. The van der Waals surface area contributed by atoms with Crippen molar-refractivity contribution in [3.8, 4) is 0 Å². The lowest BCUT2D eigenvalue weighted by molar-refractivity contribution is -0.136. The van der Waals surface area contributed by atoms with Crippen molar-refractivity contribution >= 4 is 40.5 Å². The zero-order chi connectivity index (χ0) is 39.4. The summed E-state index contributed by atoms with van der Waals surface area (Å²) in [4.78, 5) is 72.4. The van der Waals surface area contributed by atoms with Crippen molar-refractivity contribution in [1.29, 1.82) is 0 Å². The molecule has 1 aliphatic carbocycles. The molecule has 2 N–H and O–H groups in total. The van der Waals surface area contributed by atoms with Gasteiger partial charge in [0, 0.05) is 86.3 Å². The van der Waals surface area contributed by atoms with Gasteiger partial charge in [-0.05, 0) is 106 Å². The van der Waals surface area contributed by atoms with E-state index < -0.39 is 29.4 Å². The van der Waals surface area contributed by atoms with Crippen LogP contribution in [0.25, 0.3) is 10.9 Å². The number of aromatic nitrogens is 3. The van der Waals surface area contributed by atoms with Gasteiger partial charge in [0.1, 0.15) is 11.7 Å². The molecule has 3 atom stereocenters. The number of imide groups is 2. The number of halogens is 1. The van der Waals surface area contributed by atoms with E-state index in [4.69, 9.17) is 9.97 Å². The van der Waals surface area contributed by atoms with Crippen LogP contribution in [0.4, 0.5) is 10.3 Å². The molecule has 7 heterocycles. The summed E-state index contributed by atoms with van der Waals surface area (Å²) in [6, 6.07) is 11.1. The molecule has 4 amide bonds. The first-order chi connectivity index (χ1) is 27.3. The minimum atomic E-state index is -1.35. The van der Waals surface area contributed by atoms with Crippen LogP contribution in [0, 0.1) is 11.3 Å². The Hall–Kier alpha value is -5.01. The first-order valence-electron chi connectivity index (χ1n) is 20.5. The van der Waals surface area contributed by atoms with Gasteiger partial charge in [-0.2, -0.15) is 0 Å². The molecule has 0 radical (unpaired) electrons. The maximum atomic E-state index is 15.2. The zero-order valence-electron chi connectivity index (χ0n) is 32.8. The fourth-order valence-electron chi connectivity index (χ4n) is 11.0. The molecule has 5 aliphatic heterocycles. The molecule has 296 valence electrons. The molecule has 1 spiro atoms. The molecule has 57 heavy (non-hydrogen) atoms. The Kier molecular flexibility index (Phi) is 8.46. The standard InChI is InChI=1S/C44H49FN8O4/c1-25-14-31-30-6-4-5-7-34(30)48-37(31)38(52(25)24-43(2,3)45)29-19-46-42(47-20-29)51-12-10-44(11-13-51)17-26(18-44)21-50-22-27-15-32-33(16-28(27)23-50)41(57)53(40(32)56)35-8-9-36(54)49-39(35)55/h4-7,15-16,19-20,25-26,35,38,48H,8-14,17-18,21-24H2,1-3H3,(H,49,54,55)/t25-,35?,38-/m1/s1. The van der Waals surface area contributed by atoms with E-state index in [0.29, 0.717) is 29.0 Å². The van der Waals surface area contributed by atoms with Gasteiger partial charge in [-0.15, -0.1) is 0 Å². The van der Waals surface area contributed by atoms with Gasteiger partial charge in [0.25, 0.3) is 11.8 Å². The number of alkyl halides is 1. The van der Waals surface area contributed by atoms with Crippen LogP contribution in [0.5, 0.6) is 0 Å². The SMILES string of the molecule is C[C@@H]1Cc2c([nH]c3ccccc23)[C@@H](c2cnc(N3CCC4(CC3)CC(CN3Cc5cc6c(cc5C3)C(=O)N(C3CCC(=O)NC3=O)C6=O)C4)nc2)N1CC(C)(C)F. The van der Waals surface area contributed by atoms with Crippen molar-refractivity contribution in [2.45, 2.75) is 103 Å². The van der Waals surface area contributed by atoms with Gasteiger partial charge in [0.05, 0.1) is 17.2 Å². The van der Waals surface area contributed by atoms with Crippen molar-refractivity contribution in [3.63, 3.8) is 0 Å². The Morgan fingerprint density at radius 1 is 0.947 bits per heavy atom.